The van der Waals surface area contributed by atoms with Crippen molar-refractivity contribution in [3.05, 3.63) is 34.4 Å². The van der Waals surface area contributed by atoms with Crippen molar-refractivity contribution in [2.75, 3.05) is 0 Å². The van der Waals surface area contributed by atoms with Crippen LogP contribution in [0, 0.1) is 11.3 Å². The van der Waals surface area contributed by atoms with Gasteiger partial charge in [0.1, 0.15) is 6.07 Å². The van der Waals surface area contributed by atoms with Crippen molar-refractivity contribution >= 4 is 5.97 Å². The summed E-state index contributed by atoms with van der Waals surface area (Å²) >= 11 is 0. The van der Waals surface area contributed by atoms with Gasteiger partial charge in [-0.2, -0.15) is 5.26 Å². The van der Waals surface area contributed by atoms with Gasteiger partial charge in [0, 0.05) is 6.54 Å². The first kappa shape index (κ1) is 11.2. The summed E-state index contributed by atoms with van der Waals surface area (Å²) in [5, 5.41) is 17.8. The van der Waals surface area contributed by atoms with Crippen LogP contribution in [0.2, 0.25) is 0 Å². The molecule has 0 unspecified atom stereocenters. The van der Waals surface area contributed by atoms with E-state index >= 15 is 0 Å². The summed E-state index contributed by atoms with van der Waals surface area (Å²) in [7, 11) is 0. The predicted octanol–water partition coefficient (Wildman–Crippen LogP) is 1.28. The van der Waals surface area contributed by atoms with Gasteiger partial charge in [-0.25, -0.2) is 4.79 Å². The number of nitrogens with two attached hydrogens (primary N) is 1. The van der Waals surface area contributed by atoms with Gasteiger partial charge in [-0.15, -0.1) is 0 Å². The maximum Gasteiger partial charge on any atom is 0.337 e. The molecule has 15 heavy (non-hydrogen) atoms. The van der Waals surface area contributed by atoms with Crippen LogP contribution in [0.3, 0.4) is 0 Å². The maximum atomic E-state index is 11.0. The van der Waals surface area contributed by atoms with Crippen LogP contribution in [-0.2, 0) is 13.0 Å². The quantitative estimate of drug-likeness (QED) is 0.776. The minimum absolute atomic E-state index is 0.0946. The Morgan fingerprint density at radius 3 is 2.67 bits per heavy atom. The average molecular weight is 204 g/mol. The van der Waals surface area contributed by atoms with Crippen LogP contribution in [0.15, 0.2) is 12.1 Å². The van der Waals surface area contributed by atoms with Crippen molar-refractivity contribution in [2.24, 2.45) is 5.73 Å². The molecule has 0 spiro atoms. The van der Waals surface area contributed by atoms with Crippen LogP contribution in [0.25, 0.3) is 0 Å². The van der Waals surface area contributed by atoms with Crippen molar-refractivity contribution in [1.82, 2.24) is 0 Å². The molecule has 0 aliphatic heterocycles. The molecule has 0 amide bonds. The zero-order chi connectivity index (χ0) is 11.4. The van der Waals surface area contributed by atoms with Crippen LogP contribution in [0.1, 0.15) is 34.0 Å². The summed E-state index contributed by atoms with van der Waals surface area (Å²) in [5.74, 6) is -1.06. The molecule has 0 fully saturated rings. The number of aryl methyl sites for hydroxylation is 1. The summed E-state index contributed by atoms with van der Waals surface area (Å²) in [6.45, 7) is 2.16. The smallest absolute Gasteiger partial charge is 0.337 e. The second-order valence-electron chi connectivity index (χ2n) is 3.15. The van der Waals surface area contributed by atoms with E-state index in [9.17, 15) is 4.79 Å². The Morgan fingerprint density at radius 2 is 2.27 bits per heavy atom. The Balaban J connectivity index is 3.48. The topological polar surface area (TPSA) is 87.1 Å². The first-order valence-electron chi connectivity index (χ1n) is 4.63. The van der Waals surface area contributed by atoms with Gasteiger partial charge in [-0.1, -0.05) is 13.0 Å². The molecule has 1 aromatic rings. The number of nitrogens with zero attached hydrogens (tertiary/aromatic N) is 1. The van der Waals surface area contributed by atoms with Crippen molar-refractivity contribution < 1.29 is 9.90 Å². The lowest BCUT2D eigenvalue weighted by atomic mass is 9.96. The number of benzene rings is 1. The molecule has 1 aromatic carbocycles. The second-order valence-corrected chi connectivity index (χ2v) is 3.15. The number of carboxylic acids is 1. The lowest BCUT2D eigenvalue weighted by Crippen LogP contribution is -2.08. The summed E-state index contributed by atoms with van der Waals surface area (Å²) in [4.78, 5) is 11.0. The van der Waals surface area contributed by atoms with Crippen molar-refractivity contribution in [3.8, 4) is 6.07 Å². The summed E-state index contributed by atoms with van der Waals surface area (Å²) in [5.41, 5.74) is 7.18. The van der Waals surface area contributed by atoms with Crippen LogP contribution >= 0.6 is 0 Å². The van der Waals surface area contributed by atoms with Gasteiger partial charge in [0.25, 0.3) is 0 Å². The molecule has 0 aliphatic rings. The van der Waals surface area contributed by atoms with Gasteiger partial charge in [0.2, 0.25) is 0 Å². The van der Waals surface area contributed by atoms with Crippen LogP contribution in [-0.4, -0.2) is 11.1 Å². The van der Waals surface area contributed by atoms with E-state index in [1.54, 1.807) is 6.07 Å². The summed E-state index contributed by atoms with van der Waals surface area (Å²) < 4.78 is 0. The van der Waals surface area contributed by atoms with Gasteiger partial charge < -0.3 is 10.8 Å². The number of carboxylic acid groups (broad SMARTS) is 1. The summed E-state index contributed by atoms with van der Waals surface area (Å²) in [6.07, 6.45) is 0.574. The molecule has 0 radical (unpaired) electrons. The molecular weight excluding hydrogens is 192 g/mol. The maximum absolute atomic E-state index is 11.0. The van der Waals surface area contributed by atoms with Crippen LogP contribution in [0.5, 0.6) is 0 Å². The molecule has 4 heteroatoms. The van der Waals surface area contributed by atoms with E-state index in [1.807, 2.05) is 13.0 Å². The number of nitriles is 1. The average Bonchev–Trinajstić information content (AvgIpc) is 2.26. The third kappa shape index (κ3) is 2.14. The Kier molecular flexibility index (Phi) is 3.42. The van der Waals surface area contributed by atoms with E-state index in [0.29, 0.717) is 18.5 Å². The molecule has 0 atom stereocenters. The van der Waals surface area contributed by atoms with Gasteiger partial charge in [-0.3, -0.25) is 0 Å². The zero-order valence-electron chi connectivity index (χ0n) is 8.45. The molecule has 4 nitrogen and oxygen atoms in total. The largest absolute Gasteiger partial charge is 0.478 e. The van der Waals surface area contributed by atoms with E-state index < -0.39 is 5.97 Å². The monoisotopic (exact) mass is 204 g/mol. The Morgan fingerprint density at radius 1 is 1.60 bits per heavy atom. The molecular formula is C11H12N2O2. The van der Waals surface area contributed by atoms with Crippen molar-refractivity contribution in [2.45, 2.75) is 19.9 Å². The Labute approximate surface area is 87.9 Å². The predicted molar refractivity (Wildman–Crippen MR) is 55.4 cm³/mol. The number of hydrogen-bond acceptors (Lipinski definition) is 3. The molecule has 3 N–H and O–H groups in total. The standard InChI is InChI=1S/C11H12N2O2/c1-2-8-3-7(5-12)4-9(6-13)10(8)11(14)15/h3-4H,2,5,12H2,1H3,(H,14,15). The first-order valence-corrected chi connectivity index (χ1v) is 4.63. The second kappa shape index (κ2) is 4.58. The highest BCUT2D eigenvalue weighted by atomic mass is 16.4. The van der Waals surface area contributed by atoms with E-state index in [4.69, 9.17) is 16.1 Å². The highest BCUT2D eigenvalue weighted by molar-refractivity contribution is 5.92. The molecule has 0 saturated heterocycles. The summed E-state index contributed by atoms with van der Waals surface area (Å²) in [6, 6.07) is 5.16. The van der Waals surface area contributed by atoms with E-state index in [-0.39, 0.29) is 11.1 Å². The number of hydrogen-bond donors (Lipinski definition) is 2. The van der Waals surface area contributed by atoms with Gasteiger partial charge in [-0.05, 0) is 23.6 Å². The molecule has 0 saturated carbocycles. The third-order valence-electron chi connectivity index (χ3n) is 2.23. The van der Waals surface area contributed by atoms with Crippen LogP contribution < -0.4 is 5.73 Å². The third-order valence-corrected chi connectivity index (χ3v) is 2.23. The number of rotatable bonds is 3. The minimum Gasteiger partial charge on any atom is -0.478 e. The minimum atomic E-state index is -1.06. The number of aromatic carboxylic acids is 1. The number of carbonyl (C=O) groups is 1. The molecule has 0 heterocycles. The molecule has 0 bridgehead atoms. The highest BCUT2D eigenvalue weighted by Crippen LogP contribution is 2.18. The fourth-order valence-corrected chi connectivity index (χ4v) is 1.51. The normalized spacial score (nSPS) is 9.67. The van der Waals surface area contributed by atoms with Gasteiger partial charge in [0.15, 0.2) is 0 Å². The SMILES string of the molecule is CCc1cc(CN)cc(C#N)c1C(=O)O. The molecule has 1 rings (SSSR count). The lowest BCUT2D eigenvalue weighted by Gasteiger charge is -2.08. The zero-order valence-corrected chi connectivity index (χ0v) is 8.45. The van der Waals surface area contributed by atoms with Gasteiger partial charge in [0.05, 0.1) is 11.1 Å². The molecule has 0 aliphatic carbocycles. The lowest BCUT2D eigenvalue weighted by molar-refractivity contribution is 0.0695. The first-order chi connectivity index (χ1) is 7.13. The van der Waals surface area contributed by atoms with Crippen molar-refractivity contribution in [1.29, 1.82) is 5.26 Å². The van der Waals surface area contributed by atoms with E-state index in [0.717, 1.165) is 5.56 Å². The van der Waals surface area contributed by atoms with Crippen molar-refractivity contribution in [3.63, 3.8) is 0 Å². The van der Waals surface area contributed by atoms with E-state index in [1.165, 1.54) is 6.07 Å². The van der Waals surface area contributed by atoms with Crippen LogP contribution in [0.4, 0.5) is 0 Å². The van der Waals surface area contributed by atoms with Gasteiger partial charge >= 0.3 is 5.97 Å². The Bertz CT molecular complexity index is 433. The highest BCUT2D eigenvalue weighted by Gasteiger charge is 2.15. The molecule has 0 aromatic heterocycles. The Hall–Kier alpha value is -1.86. The van der Waals surface area contributed by atoms with E-state index in [2.05, 4.69) is 0 Å². The fraction of sp³-hybridized carbons (Fsp3) is 0.273. The molecule has 78 valence electrons. The fourth-order valence-electron chi connectivity index (χ4n) is 1.51.